The summed E-state index contributed by atoms with van der Waals surface area (Å²) in [6.45, 7) is 0.623. The fourth-order valence-electron chi connectivity index (χ4n) is 2.56. The van der Waals surface area contributed by atoms with Gasteiger partial charge in [0.25, 0.3) is 0 Å². The predicted octanol–water partition coefficient (Wildman–Crippen LogP) is 3.63. The summed E-state index contributed by atoms with van der Waals surface area (Å²) in [5, 5.41) is 8.65. The molecule has 0 aliphatic carbocycles. The van der Waals surface area contributed by atoms with Gasteiger partial charge in [-0.05, 0) is 48.9 Å². The lowest BCUT2D eigenvalue weighted by molar-refractivity contribution is -0.137. The molecule has 0 saturated carbocycles. The van der Waals surface area contributed by atoms with Crippen molar-refractivity contribution in [3.63, 3.8) is 0 Å². The second-order valence-electron chi connectivity index (χ2n) is 6.01. The molecule has 1 atom stereocenters. The van der Waals surface area contributed by atoms with Gasteiger partial charge in [-0.15, -0.1) is 0 Å². The van der Waals surface area contributed by atoms with Gasteiger partial charge in [0.05, 0.1) is 13.0 Å². The maximum atomic E-state index is 10.5. The Morgan fingerprint density at radius 3 is 2.33 bits per heavy atom. The number of carbonyl (C=O) groups is 1. The second-order valence-corrected chi connectivity index (χ2v) is 6.01. The molecular formula is C20H25NO3. The largest absolute Gasteiger partial charge is 0.494 e. The monoisotopic (exact) mass is 327 g/mol. The number of ether oxygens (including phenoxy) is 1. The highest BCUT2D eigenvalue weighted by atomic mass is 16.5. The molecule has 3 N–H and O–H groups in total. The van der Waals surface area contributed by atoms with E-state index in [1.54, 1.807) is 0 Å². The molecule has 0 spiro atoms. The Hall–Kier alpha value is -2.33. The van der Waals surface area contributed by atoms with E-state index >= 15 is 0 Å². The van der Waals surface area contributed by atoms with E-state index in [1.165, 1.54) is 11.1 Å². The van der Waals surface area contributed by atoms with Crippen LogP contribution in [-0.2, 0) is 11.2 Å². The summed E-state index contributed by atoms with van der Waals surface area (Å²) in [6.07, 6.45) is 3.41. The van der Waals surface area contributed by atoms with E-state index in [2.05, 4.69) is 36.4 Å². The fourth-order valence-corrected chi connectivity index (χ4v) is 2.56. The van der Waals surface area contributed by atoms with Gasteiger partial charge in [0.1, 0.15) is 5.75 Å². The minimum absolute atomic E-state index is 0.0315. The lowest BCUT2D eigenvalue weighted by Gasteiger charge is -2.10. The highest BCUT2D eigenvalue weighted by Gasteiger charge is 2.07. The van der Waals surface area contributed by atoms with Crippen LogP contribution in [0.3, 0.4) is 0 Å². The van der Waals surface area contributed by atoms with Crippen LogP contribution in [0.1, 0.15) is 36.8 Å². The molecule has 0 radical (unpaired) electrons. The first kappa shape index (κ1) is 18.0. The molecule has 2 rings (SSSR count). The van der Waals surface area contributed by atoms with E-state index in [-0.39, 0.29) is 12.5 Å². The van der Waals surface area contributed by atoms with Crippen molar-refractivity contribution < 1.29 is 14.6 Å². The molecule has 0 aromatic heterocycles. The Morgan fingerprint density at radius 2 is 1.67 bits per heavy atom. The highest BCUT2D eigenvalue weighted by Crippen LogP contribution is 2.16. The SMILES string of the molecule is NC(CCCCOc1ccc(Cc2ccccc2)cc1)CC(=O)O. The smallest absolute Gasteiger partial charge is 0.304 e. The first-order valence-corrected chi connectivity index (χ1v) is 8.36. The summed E-state index contributed by atoms with van der Waals surface area (Å²) in [4.78, 5) is 10.5. The van der Waals surface area contributed by atoms with Crippen molar-refractivity contribution in [2.75, 3.05) is 6.61 Å². The number of benzene rings is 2. The number of hydrogen-bond donors (Lipinski definition) is 2. The van der Waals surface area contributed by atoms with Crippen molar-refractivity contribution in [3.05, 3.63) is 65.7 Å². The number of rotatable bonds is 10. The molecule has 128 valence electrons. The summed E-state index contributed by atoms with van der Waals surface area (Å²) >= 11 is 0. The molecule has 0 fully saturated rings. The number of nitrogens with two attached hydrogens (primary N) is 1. The van der Waals surface area contributed by atoms with Crippen LogP contribution in [0.2, 0.25) is 0 Å². The zero-order valence-corrected chi connectivity index (χ0v) is 13.9. The molecule has 0 bridgehead atoms. The number of aliphatic carboxylic acids is 1. The summed E-state index contributed by atoms with van der Waals surface area (Å²) in [7, 11) is 0. The maximum Gasteiger partial charge on any atom is 0.304 e. The third-order valence-electron chi connectivity index (χ3n) is 3.85. The molecule has 2 aromatic rings. The number of unbranched alkanes of at least 4 members (excludes halogenated alkanes) is 1. The first-order chi connectivity index (χ1) is 11.6. The van der Waals surface area contributed by atoms with E-state index in [4.69, 9.17) is 15.6 Å². The quantitative estimate of drug-likeness (QED) is 0.654. The lowest BCUT2D eigenvalue weighted by Crippen LogP contribution is -2.23. The van der Waals surface area contributed by atoms with Crippen LogP contribution in [0.4, 0.5) is 0 Å². The standard InChI is InChI=1S/C20H25NO3/c21-18(15-20(22)23)8-4-5-13-24-19-11-9-17(10-12-19)14-16-6-2-1-3-7-16/h1-3,6-7,9-12,18H,4-5,8,13-15,21H2,(H,22,23). The molecule has 4 nitrogen and oxygen atoms in total. The first-order valence-electron chi connectivity index (χ1n) is 8.36. The van der Waals surface area contributed by atoms with E-state index in [1.807, 2.05) is 18.2 Å². The van der Waals surface area contributed by atoms with E-state index in [9.17, 15) is 4.79 Å². The number of hydrogen-bond acceptors (Lipinski definition) is 3. The molecule has 0 saturated heterocycles. The Kier molecular flexibility index (Phi) is 7.30. The Labute approximate surface area is 143 Å². The zero-order chi connectivity index (χ0) is 17.2. The van der Waals surface area contributed by atoms with Crippen LogP contribution in [0, 0.1) is 0 Å². The average Bonchev–Trinajstić information content (AvgIpc) is 2.56. The van der Waals surface area contributed by atoms with Crippen molar-refractivity contribution in [3.8, 4) is 5.75 Å². The van der Waals surface area contributed by atoms with Crippen LogP contribution in [0.15, 0.2) is 54.6 Å². The molecular weight excluding hydrogens is 302 g/mol. The van der Waals surface area contributed by atoms with Crippen LogP contribution in [-0.4, -0.2) is 23.7 Å². The van der Waals surface area contributed by atoms with Gasteiger partial charge in [-0.2, -0.15) is 0 Å². The predicted molar refractivity (Wildman–Crippen MR) is 95.3 cm³/mol. The summed E-state index contributed by atoms with van der Waals surface area (Å²) in [5.74, 6) is 0.0241. The molecule has 1 unspecified atom stereocenters. The minimum Gasteiger partial charge on any atom is -0.494 e. The fraction of sp³-hybridized carbons (Fsp3) is 0.350. The van der Waals surface area contributed by atoms with E-state index in [0.29, 0.717) is 13.0 Å². The van der Waals surface area contributed by atoms with Crippen LogP contribution < -0.4 is 10.5 Å². The van der Waals surface area contributed by atoms with Crippen molar-refractivity contribution in [1.82, 2.24) is 0 Å². The highest BCUT2D eigenvalue weighted by molar-refractivity contribution is 5.67. The second kappa shape index (κ2) is 9.73. The number of carboxylic acids is 1. The van der Waals surface area contributed by atoms with E-state index in [0.717, 1.165) is 25.0 Å². The third kappa shape index (κ3) is 6.84. The van der Waals surface area contributed by atoms with Crippen LogP contribution >= 0.6 is 0 Å². The van der Waals surface area contributed by atoms with E-state index < -0.39 is 5.97 Å². The van der Waals surface area contributed by atoms with Crippen molar-refractivity contribution in [2.24, 2.45) is 5.73 Å². The molecule has 4 heteroatoms. The molecule has 2 aromatic carbocycles. The topological polar surface area (TPSA) is 72.5 Å². The van der Waals surface area contributed by atoms with Crippen LogP contribution in [0.25, 0.3) is 0 Å². The van der Waals surface area contributed by atoms with Gasteiger partial charge in [0.15, 0.2) is 0 Å². The number of carboxylic acid groups (broad SMARTS) is 1. The van der Waals surface area contributed by atoms with Gasteiger partial charge in [-0.25, -0.2) is 0 Å². The Balaban J connectivity index is 1.66. The normalized spacial score (nSPS) is 11.9. The van der Waals surface area contributed by atoms with Crippen molar-refractivity contribution in [1.29, 1.82) is 0 Å². The average molecular weight is 327 g/mol. The Morgan fingerprint density at radius 1 is 1.00 bits per heavy atom. The summed E-state index contributed by atoms with van der Waals surface area (Å²) in [6, 6.07) is 18.3. The summed E-state index contributed by atoms with van der Waals surface area (Å²) in [5.41, 5.74) is 8.28. The lowest BCUT2D eigenvalue weighted by atomic mass is 10.1. The molecule has 0 aliphatic heterocycles. The van der Waals surface area contributed by atoms with Crippen LogP contribution in [0.5, 0.6) is 5.75 Å². The van der Waals surface area contributed by atoms with Gasteiger partial charge in [0, 0.05) is 6.04 Å². The Bertz CT molecular complexity index is 611. The molecule has 0 aliphatic rings. The molecule has 0 amide bonds. The van der Waals surface area contributed by atoms with Crippen molar-refractivity contribution >= 4 is 5.97 Å². The van der Waals surface area contributed by atoms with Gasteiger partial charge in [-0.3, -0.25) is 4.79 Å². The van der Waals surface area contributed by atoms with Gasteiger partial charge >= 0.3 is 5.97 Å². The van der Waals surface area contributed by atoms with Gasteiger partial charge in [-0.1, -0.05) is 42.5 Å². The minimum atomic E-state index is -0.839. The maximum absolute atomic E-state index is 10.5. The van der Waals surface area contributed by atoms with Crippen molar-refractivity contribution in [2.45, 2.75) is 38.1 Å². The van der Waals surface area contributed by atoms with Gasteiger partial charge in [0.2, 0.25) is 0 Å². The molecule has 24 heavy (non-hydrogen) atoms. The summed E-state index contributed by atoms with van der Waals surface area (Å²) < 4.78 is 5.72. The zero-order valence-electron chi connectivity index (χ0n) is 13.9. The van der Waals surface area contributed by atoms with Gasteiger partial charge < -0.3 is 15.6 Å². The third-order valence-corrected chi connectivity index (χ3v) is 3.85. The molecule has 0 heterocycles.